The zero-order chi connectivity index (χ0) is 22.8. The molecule has 1 amide bonds. The van der Waals surface area contributed by atoms with Gasteiger partial charge in [-0.1, -0.05) is 30.3 Å². The molecule has 0 radical (unpaired) electrons. The minimum atomic E-state index is -0.493. The summed E-state index contributed by atoms with van der Waals surface area (Å²) >= 11 is 0. The van der Waals surface area contributed by atoms with Gasteiger partial charge in [0.15, 0.2) is 24.1 Å². The van der Waals surface area contributed by atoms with Crippen LogP contribution in [-0.2, 0) is 11.2 Å². The summed E-state index contributed by atoms with van der Waals surface area (Å²) in [5.41, 5.74) is 4.93. The molecule has 1 atom stereocenters. The lowest BCUT2D eigenvalue weighted by molar-refractivity contribution is -0.690. The maximum Gasteiger partial charge on any atom is 0.262 e. The molecular weight excluding hydrogens is 421 g/mol. The van der Waals surface area contributed by atoms with Gasteiger partial charge < -0.3 is 25.1 Å². The molecular formula is C26H25FN3O3+. The van der Waals surface area contributed by atoms with E-state index < -0.39 is 11.7 Å². The molecule has 0 aliphatic carbocycles. The van der Waals surface area contributed by atoms with E-state index in [1.165, 1.54) is 28.8 Å². The number of carbonyl (C=O) groups is 1. The summed E-state index contributed by atoms with van der Waals surface area (Å²) in [6, 6.07) is 20.3. The van der Waals surface area contributed by atoms with Crippen molar-refractivity contribution in [2.45, 2.75) is 12.5 Å². The first-order valence-electron chi connectivity index (χ1n) is 10.9. The molecule has 6 nitrogen and oxygen atoms in total. The average molecular weight is 447 g/mol. The fourth-order valence-electron chi connectivity index (χ4n) is 4.46. The smallest absolute Gasteiger partial charge is 0.262 e. The van der Waals surface area contributed by atoms with Gasteiger partial charge in [-0.3, -0.25) is 4.79 Å². The quantitative estimate of drug-likeness (QED) is 0.424. The average Bonchev–Trinajstić information content (AvgIpc) is 3.23. The van der Waals surface area contributed by atoms with Crippen molar-refractivity contribution in [3.8, 4) is 11.5 Å². The van der Waals surface area contributed by atoms with Crippen LogP contribution in [0.2, 0.25) is 0 Å². The number of hydrogen-bond donors (Lipinski definition) is 3. The SMILES string of the molecule is COc1cc([C@H]2[NH2+]CCc3c2[nH]c2ccccc32)ccc1OCC(=O)Nc1ccccc1F. The van der Waals surface area contributed by atoms with Gasteiger partial charge in [-0.05, 0) is 42.0 Å². The van der Waals surface area contributed by atoms with Gasteiger partial charge in [-0.2, -0.15) is 0 Å². The first-order chi connectivity index (χ1) is 16.1. The number of carbonyl (C=O) groups excluding carboxylic acids is 1. The molecule has 1 aromatic heterocycles. The lowest BCUT2D eigenvalue weighted by Crippen LogP contribution is -2.87. The Morgan fingerprint density at radius 2 is 1.94 bits per heavy atom. The minimum Gasteiger partial charge on any atom is -0.493 e. The molecule has 0 saturated heterocycles. The fourth-order valence-corrected chi connectivity index (χ4v) is 4.46. The van der Waals surface area contributed by atoms with Crippen molar-refractivity contribution < 1.29 is 24.0 Å². The summed E-state index contributed by atoms with van der Waals surface area (Å²) in [6.45, 7) is 0.738. The van der Waals surface area contributed by atoms with Crippen molar-refractivity contribution >= 4 is 22.5 Å². The first-order valence-corrected chi connectivity index (χ1v) is 10.9. The van der Waals surface area contributed by atoms with Gasteiger partial charge in [0.2, 0.25) is 0 Å². The number of halogens is 1. The lowest BCUT2D eigenvalue weighted by Gasteiger charge is -2.22. The number of H-pyrrole nitrogens is 1. The molecule has 4 aromatic rings. The van der Waals surface area contributed by atoms with Crippen LogP contribution in [0.4, 0.5) is 10.1 Å². The number of nitrogens with one attached hydrogen (secondary N) is 2. The second-order valence-corrected chi connectivity index (χ2v) is 8.04. The summed E-state index contributed by atoms with van der Waals surface area (Å²) in [5, 5.41) is 6.11. The van der Waals surface area contributed by atoms with Gasteiger partial charge in [0.05, 0.1) is 25.0 Å². The molecule has 7 heteroatoms. The number of aromatic nitrogens is 1. The van der Waals surface area contributed by atoms with Gasteiger partial charge in [-0.25, -0.2) is 4.39 Å². The normalized spacial score (nSPS) is 15.2. The Bertz CT molecular complexity index is 1320. The number of benzene rings is 3. The molecule has 168 valence electrons. The summed E-state index contributed by atoms with van der Waals surface area (Å²) in [7, 11) is 1.57. The van der Waals surface area contributed by atoms with Crippen LogP contribution in [0.1, 0.15) is 22.9 Å². The van der Waals surface area contributed by atoms with Gasteiger partial charge in [0.1, 0.15) is 5.82 Å². The number of fused-ring (bicyclic) bond motifs is 3. The van der Waals surface area contributed by atoms with Crippen LogP contribution in [-0.4, -0.2) is 31.2 Å². The Kier molecular flexibility index (Phi) is 5.71. The molecule has 2 heterocycles. The number of ether oxygens (including phenoxy) is 2. The Morgan fingerprint density at radius 3 is 2.79 bits per heavy atom. The third-order valence-electron chi connectivity index (χ3n) is 6.01. The number of quaternary nitrogens is 1. The van der Waals surface area contributed by atoms with Crippen molar-refractivity contribution in [1.82, 2.24) is 4.98 Å². The van der Waals surface area contributed by atoms with E-state index in [-0.39, 0.29) is 18.3 Å². The summed E-state index contributed by atoms with van der Waals surface area (Å²) in [4.78, 5) is 15.8. The van der Waals surface area contributed by atoms with E-state index in [1.54, 1.807) is 19.2 Å². The zero-order valence-corrected chi connectivity index (χ0v) is 18.2. The van der Waals surface area contributed by atoms with Crippen LogP contribution in [0, 0.1) is 5.82 Å². The van der Waals surface area contributed by atoms with Crippen molar-refractivity contribution in [2.24, 2.45) is 0 Å². The Labute approximate surface area is 190 Å². The molecule has 5 rings (SSSR count). The molecule has 33 heavy (non-hydrogen) atoms. The Morgan fingerprint density at radius 1 is 1.12 bits per heavy atom. The van der Waals surface area contributed by atoms with E-state index in [2.05, 4.69) is 33.8 Å². The highest BCUT2D eigenvalue weighted by molar-refractivity contribution is 5.92. The van der Waals surface area contributed by atoms with E-state index in [4.69, 9.17) is 9.47 Å². The predicted octanol–water partition coefficient (Wildman–Crippen LogP) is 3.54. The maximum absolute atomic E-state index is 13.7. The molecule has 0 unspecified atom stereocenters. The zero-order valence-electron chi connectivity index (χ0n) is 18.2. The van der Waals surface area contributed by atoms with Crippen LogP contribution in [0.3, 0.4) is 0 Å². The molecule has 4 N–H and O–H groups in total. The second kappa shape index (κ2) is 8.96. The molecule has 3 aromatic carbocycles. The number of anilines is 1. The highest BCUT2D eigenvalue weighted by Gasteiger charge is 2.29. The molecule has 1 aliphatic rings. The summed E-state index contributed by atoms with van der Waals surface area (Å²) in [6.07, 6.45) is 1.02. The van der Waals surface area contributed by atoms with E-state index in [0.717, 1.165) is 24.0 Å². The van der Waals surface area contributed by atoms with Crippen LogP contribution < -0.4 is 20.1 Å². The van der Waals surface area contributed by atoms with Crippen molar-refractivity contribution in [3.63, 3.8) is 0 Å². The number of para-hydroxylation sites is 2. The topological polar surface area (TPSA) is 80.0 Å². The van der Waals surface area contributed by atoms with Crippen molar-refractivity contribution in [1.29, 1.82) is 0 Å². The van der Waals surface area contributed by atoms with E-state index in [0.29, 0.717) is 11.5 Å². The largest absolute Gasteiger partial charge is 0.493 e. The summed E-state index contributed by atoms with van der Waals surface area (Å²) < 4.78 is 25.0. The van der Waals surface area contributed by atoms with Crippen molar-refractivity contribution in [2.75, 3.05) is 25.6 Å². The van der Waals surface area contributed by atoms with Crippen LogP contribution in [0.25, 0.3) is 10.9 Å². The van der Waals surface area contributed by atoms with Crippen LogP contribution in [0.15, 0.2) is 66.7 Å². The minimum absolute atomic E-state index is 0.119. The number of rotatable bonds is 6. The number of amides is 1. The Hall–Kier alpha value is -3.84. The first kappa shape index (κ1) is 21.0. The Balaban J connectivity index is 1.34. The van der Waals surface area contributed by atoms with Gasteiger partial charge in [0, 0.05) is 22.9 Å². The number of nitrogens with two attached hydrogens (primary N) is 1. The molecule has 0 spiro atoms. The predicted molar refractivity (Wildman–Crippen MR) is 124 cm³/mol. The van der Waals surface area contributed by atoms with Gasteiger partial charge in [0.25, 0.3) is 5.91 Å². The van der Waals surface area contributed by atoms with Crippen LogP contribution >= 0.6 is 0 Å². The highest BCUT2D eigenvalue weighted by Crippen LogP contribution is 2.35. The monoisotopic (exact) mass is 446 g/mol. The number of aromatic amines is 1. The van der Waals surface area contributed by atoms with Gasteiger partial charge in [-0.15, -0.1) is 0 Å². The van der Waals surface area contributed by atoms with Gasteiger partial charge >= 0.3 is 0 Å². The second-order valence-electron chi connectivity index (χ2n) is 8.04. The number of methoxy groups -OCH3 is 1. The maximum atomic E-state index is 13.7. The number of hydrogen-bond acceptors (Lipinski definition) is 3. The lowest BCUT2D eigenvalue weighted by atomic mass is 9.94. The van der Waals surface area contributed by atoms with Crippen LogP contribution in [0.5, 0.6) is 11.5 Å². The standard InChI is InChI=1S/C26H24FN3O3/c1-32-23-14-16(25-26-18(12-13-28-25)17-6-2-4-8-20(17)30-26)10-11-22(23)33-15-24(31)29-21-9-5-3-7-19(21)27/h2-11,14,25,28,30H,12-13,15H2,1H3,(H,29,31)/p+1/t25-/m1/s1. The third-order valence-corrected chi connectivity index (χ3v) is 6.01. The van der Waals surface area contributed by atoms with E-state index >= 15 is 0 Å². The molecule has 1 aliphatic heterocycles. The molecule has 0 saturated carbocycles. The third kappa shape index (κ3) is 4.15. The molecule has 0 fully saturated rings. The van der Waals surface area contributed by atoms with Crippen molar-refractivity contribution in [3.05, 3.63) is 89.4 Å². The molecule has 0 bridgehead atoms. The summed E-state index contributed by atoms with van der Waals surface area (Å²) in [5.74, 6) is 0.0582. The fraction of sp³-hybridized carbons (Fsp3) is 0.192. The van der Waals surface area contributed by atoms with E-state index in [1.807, 2.05) is 24.3 Å². The highest BCUT2D eigenvalue weighted by atomic mass is 19.1. The van der Waals surface area contributed by atoms with E-state index in [9.17, 15) is 9.18 Å².